The summed E-state index contributed by atoms with van der Waals surface area (Å²) in [6.45, 7) is 6.58. The SMILES string of the molecule is COCCOCCOCCNC1(C)CC1. The first kappa shape index (κ1) is 12.9. The highest BCUT2D eigenvalue weighted by Crippen LogP contribution is 2.33. The molecular weight excluding hydrogens is 194 g/mol. The van der Waals surface area contributed by atoms with Crippen LogP contribution in [0.25, 0.3) is 0 Å². The number of methoxy groups -OCH3 is 1. The highest BCUT2D eigenvalue weighted by molar-refractivity contribution is 4.97. The molecule has 0 spiro atoms. The molecule has 1 N–H and O–H groups in total. The molecule has 4 heteroatoms. The van der Waals surface area contributed by atoms with Gasteiger partial charge in [-0.2, -0.15) is 0 Å². The Morgan fingerprint density at radius 2 is 1.60 bits per heavy atom. The van der Waals surface area contributed by atoms with E-state index in [0.29, 0.717) is 32.0 Å². The molecule has 1 aliphatic rings. The van der Waals surface area contributed by atoms with Crippen molar-refractivity contribution in [3.05, 3.63) is 0 Å². The second-order valence-corrected chi connectivity index (χ2v) is 4.20. The van der Waals surface area contributed by atoms with Crippen LogP contribution >= 0.6 is 0 Å². The van der Waals surface area contributed by atoms with Gasteiger partial charge in [-0.15, -0.1) is 0 Å². The fourth-order valence-corrected chi connectivity index (χ4v) is 1.25. The Morgan fingerprint density at radius 3 is 2.20 bits per heavy atom. The number of hydrogen-bond donors (Lipinski definition) is 1. The summed E-state index contributed by atoms with van der Waals surface area (Å²) < 4.78 is 15.5. The second kappa shape index (κ2) is 7.17. The smallest absolute Gasteiger partial charge is 0.0701 e. The molecule has 1 rings (SSSR count). The third-order valence-corrected chi connectivity index (χ3v) is 2.60. The number of ether oxygens (including phenoxy) is 3. The Kier molecular flexibility index (Phi) is 6.17. The van der Waals surface area contributed by atoms with Gasteiger partial charge in [-0.05, 0) is 19.8 Å². The average molecular weight is 217 g/mol. The van der Waals surface area contributed by atoms with E-state index >= 15 is 0 Å². The number of nitrogens with one attached hydrogen (secondary N) is 1. The van der Waals surface area contributed by atoms with Crippen molar-refractivity contribution in [2.45, 2.75) is 25.3 Å². The lowest BCUT2D eigenvalue weighted by molar-refractivity contribution is 0.0251. The fraction of sp³-hybridized carbons (Fsp3) is 1.00. The summed E-state index contributed by atoms with van der Waals surface area (Å²) in [5.74, 6) is 0. The Morgan fingerprint density at radius 1 is 1.00 bits per heavy atom. The first-order valence-corrected chi connectivity index (χ1v) is 5.66. The number of hydrogen-bond acceptors (Lipinski definition) is 4. The van der Waals surface area contributed by atoms with Gasteiger partial charge < -0.3 is 19.5 Å². The molecule has 1 saturated carbocycles. The van der Waals surface area contributed by atoms with Crippen LogP contribution in [-0.4, -0.2) is 52.2 Å². The Labute approximate surface area is 92.3 Å². The molecule has 0 saturated heterocycles. The van der Waals surface area contributed by atoms with Crippen LogP contribution in [0.1, 0.15) is 19.8 Å². The first-order chi connectivity index (χ1) is 7.27. The third-order valence-electron chi connectivity index (χ3n) is 2.60. The van der Waals surface area contributed by atoms with Crippen LogP contribution < -0.4 is 5.32 Å². The van der Waals surface area contributed by atoms with Gasteiger partial charge in [0.2, 0.25) is 0 Å². The van der Waals surface area contributed by atoms with Crippen molar-refractivity contribution in [1.82, 2.24) is 5.32 Å². The Hall–Kier alpha value is -0.160. The molecule has 0 unspecified atom stereocenters. The van der Waals surface area contributed by atoms with E-state index in [2.05, 4.69) is 12.2 Å². The predicted molar refractivity (Wildman–Crippen MR) is 59.2 cm³/mol. The monoisotopic (exact) mass is 217 g/mol. The summed E-state index contributed by atoms with van der Waals surface area (Å²) in [4.78, 5) is 0. The molecule has 15 heavy (non-hydrogen) atoms. The fourth-order valence-electron chi connectivity index (χ4n) is 1.25. The van der Waals surface area contributed by atoms with Crippen LogP contribution in [-0.2, 0) is 14.2 Å². The van der Waals surface area contributed by atoms with Gasteiger partial charge in [-0.3, -0.25) is 0 Å². The van der Waals surface area contributed by atoms with Crippen LogP contribution in [0.4, 0.5) is 0 Å². The van der Waals surface area contributed by atoms with Crippen LogP contribution in [0.5, 0.6) is 0 Å². The van der Waals surface area contributed by atoms with E-state index in [4.69, 9.17) is 14.2 Å². The lowest BCUT2D eigenvalue weighted by atomic mass is 10.3. The van der Waals surface area contributed by atoms with Gasteiger partial charge >= 0.3 is 0 Å². The average Bonchev–Trinajstić information content (AvgIpc) is 2.95. The summed E-state index contributed by atoms with van der Waals surface area (Å²) >= 11 is 0. The standard InChI is InChI=1S/C11H23NO3/c1-11(3-4-11)12-5-6-14-9-10-15-8-7-13-2/h12H,3-10H2,1-2H3. The maximum Gasteiger partial charge on any atom is 0.0701 e. The van der Waals surface area contributed by atoms with Crippen molar-refractivity contribution in [2.75, 3.05) is 46.7 Å². The summed E-state index contributed by atoms with van der Waals surface area (Å²) in [7, 11) is 1.67. The minimum Gasteiger partial charge on any atom is -0.382 e. The molecule has 0 aromatic carbocycles. The molecule has 0 heterocycles. The topological polar surface area (TPSA) is 39.7 Å². The minimum absolute atomic E-state index is 0.415. The van der Waals surface area contributed by atoms with E-state index in [1.165, 1.54) is 12.8 Å². The maximum absolute atomic E-state index is 5.41. The first-order valence-electron chi connectivity index (χ1n) is 5.66. The van der Waals surface area contributed by atoms with Gasteiger partial charge in [0.15, 0.2) is 0 Å². The van der Waals surface area contributed by atoms with E-state index in [0.717, 1.165) is 13.2 Å². The van der Waals surface area contributed by atoms with Crippen molar-refractivity contribution in [3.8, 4) is 0 Å². The zero-order chi connectivity index (χ0) is 11.0. The highest BCUT2D eigenvalue weighted by Gasteiger charge is 2.35. The molecular formula is C11H23NO3. The molecule has 0 aromatic heterocycles. The highest BCUT2D eigenvalue weighted by atomic mass is 16.5. The Balaban J connectivity index is 1.70. The minimum atomic E-state index is 0.415. The summed E-state index contributed by atoms with van der Waals surface area (Å²) in [5, 5.41) is 3.46. The summed E-state index contributed by atoms with van der Waals surface area (Å²) in [6.07, 6.45) is 2.60. The molecule has 0 amide bonds. The maximum atomic E-state index is 5.41. The lowest BCUT2D eigenvalue weighted by Crippen LogP contribution is -2.31. The van der Waals surface area contributed by atoms with Gasteiger partial charge in [0.05, 0.1) is 33.0 Å². The normalized spacial score (nSPS) is 18.0. The van der Waals surface area contributed by atoms with Crippen LogP contribution in [0.15, 0.2) is 0 Å². The van der Waals surface area contributed by atoms with Crippen molar-refractivity contribution in [2.24, 2.45) is 0 Å². The summed E-state index contributed by atoms with van der Waals surface area (Å²) in [5.41, 5.74) is 0.415. The molecule has 1 aliphatic carbocycles. The van der Waals surface area contributed by atoms with Crippen LogP contribution in [0, 0.1) is 0 Å². The van der Waals surface area contributed by atoms with Crippen LogP contribution in [0.2, 0.25) is 0 Å². The molecule has 1 fully saturated rings. The van der Waals surface area contributed by atoms with Gasteiger partial charge in [0, 0.05) is 19.2 Å². The van der Waals surface area contributed by atoms with E-state index in [-0.39, 0.29) is 0 Å². The summed E-state index contributed by atoms with van der Waals surface area (Å²) in [6, 6.07) is 0. The van der Waals surface area contributed by atoms with E-state index in [1.807, 2.05) is 0 Å². The van der Waals surface area contributed by atoms with Crippen LogP contribution in [0.3, 0.4) is 0 Å². The van der Waals surface area contributed by atoms with Gasteiger partial charge in [-0.25, -0.2) is 0 Å². The van der Waals surface area contributed by atoms with Gasteiger partial charge in [-0.1, -0.05) is 0 Å². The lowest BCUT2D eigenvalue weighted by Gasteiger charge is -2.11. The second-order valence-electron chi connectivity index (χ2n) is 4.20. The molecule has 0 radical (unpaired) electrons. The van der Waals surface area contributed by atoms with E-state index < -0.39 is 0 Å². The largest absolute Gasteiger partial charge is 0.382 e. The van der Waals surface area contributed by atoms with Crippen molar-refractivity contribution in [3.63, 3.8) is 0 Å². The molecule has 0 atom stereocenters. The quantitative estimate of drug-likeness (QED) is 0.550. The third kappa shape index (κ3) is 6.84. The molecule has 0 aliphatic heterocycles. The van der Waals surface area contributed by atoms with Crippen molar-refractivity contribution < 1.29 is 14.2 Å². The van der Waals surface area contributed by atoms with Gasteiger partial charge in [0.1, 0.15) is 0 Å². The van der Waals surface area contributed by atoms with Crippen molar-refractivity contribution >= 4 is 0 Å². The molecule has 4 nitrogen and oxygen atoms in total. The Bertz CT molecular complexity index is 160. The predicted octanol–water partition coefficient (Wildman–Crippen LogP) is 0.808. The van der Waals surface area contributed by atoms with E-state index in [1.54, 1.807) is 7.11 Å². The van der Waals surface area contributed by atoms with Gasteiger partial charge in [0.25, 0.3) is 0 Å². The van der Waals surface area contributed by atoms with E-state index in [9.17, 15) is 0 Å². The zero-order valence-electron chi connectivity index (χ0n) is 9.88. The molecule has 0 aromatic rings. The molecule has 0 bridgehead atoms. The number of rotatable bonds is 10. The van der Waals surface area contributed by atoms with Crippen molar-refractivity contribution in [1.29, 1.82) is 0 Å². The molecule has 90 valence electrons. The zero-order valence-corrected chi connectivity index (χ0v) is 9.88.